The van der Waals surface area contributed by atoms with Gasteiger partial charge in [-0.15, -0.1) is 0 Å². The number of hydrogen-bond acceptors (Lipinski definition) is 3. The summed E-state index contributed by atoms with van der Waals surface area (Å²) in [5.41, 5.74) is 6.51. The van der Waals surface area contributed by atoms with Crippen molar-refractivity contribution < 1.29 is 9.53 Å². The lowest BCUT2D eigenvalue weighted by Gasteiger charge is -2.22. The number of carbonyl (C=O) groups excluding carboxylic acids is 1. The summed E-state index contributed by atoms with van der Waals surface area (Å²) < 4.78 is 5.22. The third-order valence-electron chi connectivity index (χ3n) is 2.30. The van der Waals surface area contributed by atoms with E-state index in [0.29, 0.717) is 6.42 Å². The van der Waals surface area contributed by atoms with E-state index in [0.717, 1.165) is 6.42 Å². The van der Waals surface area contributed by atoms with Gasteiger partial charge in [0, 0.05) is 0 Å². The molecule has 3 heteroatoms. The van der Waals surface area contributed by atoms with E-state index in [1.807, 2.05) is 51.1 Å². The minimum Gasteiger partial charge on any atom is -0.459 e. The fraction of sp³-hybridized carbons (Fsp3) is 0.500. The number of esters is 1. The van der Waals surface area contributed by atoms with Crippen LogP contribution < -0.4 is 5.73 Å². The summed E-state index contributed by atoms with van der Waals surface area (Å²) in [6, 6.07) is 9.44. The Morgan fingerprint density at radius 3 is 2.41 bits per heavy atom. The molecule has 0 saturated heterocycles. The van der Waals surface area contributed by atoms with Gasteiger partial charge < -0.3 is 10.5 Å². The van der Waals surface area contributed by atoms with Crippen LogP contribution in [0.15, 0.2) is 30.3 Å². The summed E-state index contributed by atoms with van der Waals surface area (Å²) in [4.78, 5) is 11.6. The Hall–Kier alpha value is -1.35. The average Bonchev–Trinajstić information content (AvgIpc) is 2.25. The Labute approximate surface area is 103 Å². The summed E-state index contributed by atoms with van der Waals surface area (Å²) in [5, 5.41) is 0. The van der Waals surface area contributed by atoms with Crippen molar-refractivity contribution in [3.63, 3.8) is 0 Å². The topological polar surface area (TPSA) is 52.3 Å². The molecule has 17 heavy (non-hydrogen) atoms. The molecule has 0 unspecified atom stereocenters. The largest absolute Gasteiger partial charge is 0.459 e. The first-order valence-electron chi connectivity index (χ1n) is 5.91. The SMILES string of the molecule is CC(C)(C)OC(=O)[C@H](N)CCc1ccccc1. The average molecular weight is 235 g/mol. The van der Waals surface area contributed by atoms with Crippen molar-refractivity contribution >= 4 is 5.97 Å². The van der Waals surface area contributed by atoms with Crippen LogP contribution in [0.4, 0.5) is 0 Å². The number of ether oxygens (including phenoxy) is 1. The number of nitrogens with two attached hydrogens (primary N) is 1. The van der Waals surface area contributed by atoms with Crippen molar-refractivity contribution in [3.05, 3.63) is 35.9 Å². The van der Waals surface area contributed by atoms with Crippen molar-refractivity contribution in [2.75, 3.05) is 0 Å². The molecule has 0 aliphatic rings. The molecule has 1 aromatic carbocycles. The molecular weight excluding hydrogens is 214 g/mol. The second-order valence-electron chi connectivity index (χ2n) is 5.16. The second kappa shape index (κ2) is 5.82. The quantitative estimate of drug-likeness (QED) is 0.815. The molecule has 0 fully saturated rings. The van der Waals surface area contributed by atoms with Crippen LogP contribution in [0.25, 0.3) is 0 Å². The van der Waals surface area contributed by atoms with Crippen LogP contribution in [0.3, 0.4) is 0 Å². The van der Waals surface area contributed by atoms with Gasteiger partial charge in [-0.05, 0) is 39.2 Å². The summed E-state index contributed by atoms with van der Waals surface area (Å²) in [6.07, 6.45) is 1.40. The maximum absolute atomic E-state index is 11.6. The fourth-order valence-electron chi connectivity index (χ4n) is 1.46. The number of rotatable bonds is 4. The molecule has 0 bridgehead atoms. The zero-order valence-electron chi connectivity index (χ0n) is 10.8. The molecule has 1 atom stereocenters. The van der Waals surface area contributed by atoms with Gasteiger partial charge >= 0.3 is 5.97 Å². The highest BCUT2D eigenvalue weighted by Gasteiger charge is 2.21. The molecule has 2 N–H and O–H groups in total. The van der Waals surface area contributed by atoms with Crippen LogP contribution in [0.5, 0.6) is 0 Å². The lowest BCUT2D eigenvalue weighted by atomic mass is 10.1. The molecule has 0 radical (unpaired) electrons. The molecule has 0 spiro atoms. The number of hydrogen-bond donors (Lipinski definition) is 1. The van der Waals surface area contributed by atoms with Gasteiger partial charge in [0.2, 0.25) is 0 Å². The lowest BCUT2D eigenvalue weighted by Crippen LogP contribution is -2.37. The normalized spacial score (nSPS) is 13.2. The van der Waals surface area contributed by atoms with Crippen molar-refractivity contribution in [1.82, 2.24) is 0 Å². The Morgan fingerprint density at radius 1 is 1.29 bits per heavy atom. The van der Waals surface area contributed by atoms with Crippen molar-refractivity contribution in [1.29, 1.82) is 0 Å². The summed E-state index contributed by atoms with van der Waals surface area (Å²) in [7, 11) is 0. The maximum Gasteiger partial charge on any atom is 0.323 e. The third-order valence-corrected chi connectivity index (χ3v) is 2.30. The molecule has 1 rings (SSSR count). The Morgan fingerprint density at radius 2 is 1.88 bits per heavy atom. The van der Waals surface area contributed by atoms with Gasteiger partial charge in [-0.1, -0.05) is 30.3 Å². The lowest BCUT2D eigenvalue weighted by molar-refractivity contribution is -0.156. The molecule has 1 aromatic rings. The smallest absolute Gasteiger partial charge is 0.323 e. The minimum absolute atomic E-state index is 0.326. The summed E-state index contributed by atoms with van der Waals surface area (Å²) in [5.74, 6) is -0.326. The molecule has 94 valence electrons. The highest BCUT2D eigenvalue weighted by Crippen LogP contribution is 2.10. The van der Waals surface area contributed by atoms with E-state index in [9.17, 15) is 4.79 Å². The van der Waals surface area contributed by atoms with E-state index in [1.165, 1.54) is 5.56 Å². The summed E-state index contributed by atoms with van der Waals surface area (Å²) in [6.45, 7) is 5.53. The van der Waals surface area contributed by atoms with E-state index < -0.39 is 11.6 Å². The number of benzene rings is 1. The van der Waals surface area contributed by atoms with Gasteiger partial charge in [0.1, 0.15) is 11.6 Å². The van der Waals surface area contributed by atoms with Gasteiger partial charge in [0.05, 0.1) is 0 Å². The molecule has 0 aliphatic heterocycles. The Kier molecular flexibility index (Phi) is 4.70. The molecule has 0 amide bonds. The standard InChI is InChI=1S/C14H21NO2/c1-14(2,3)17-13(16)12(15)10-9-11-7-5-4-6-8-11/h4-8,12H,9-10,15H2,1-3H3/t12-/m1/s1. The predicted octanol–water partition coefficient (Wildman–Crippen LogP) is 2.29. The molecule has 0 aliphatic carbocycles. The van der Waals surface area contributed by atoms with Gasteiger partial charge in [-0.25, -0.2) is 0 Å². The third kappa shape index (κ3) is 5.50. The van der Waals surface area contributed by atoms with E-state index in [2.05, 4.69) is 0 Å². The van der Waals surface area contributed by atoms with Crippen LogP contribution >= 0.6 is 0 Å². The van der Waals surface area contributed by atoms with Crippen LogP contribution in [0.1, 0.15) is 32.8 Å². The maximum atomic E-state index is 11.6. The fourth-order valence-corrected chi connectivity index (χ4v) is 1.46. The summed E-state index contributed by atoms with van der Waals surface area (Å²) >= 11 is 0. The van der Waals surface area contributed by atoms with Gasteiger partial charge in [-0.3, -0.25) is 4.79 Å². The molecule has 3 nitrogen and oxygen atoms in total. The van der Waals surface area contributed by atoms with Gasteiger partial charge in [0.25, 0.3) is 0 Å². The molecule has 0 saturated carbocycles. The van der Waals surface area contributed by atoms with Gasteiger partial charge in [-0.2, -0.15) is 0 Å². The van der Waals surface area contributed by atoms with E-state index in [-0.39, 0.29) is 5.97 Å². The number of carbonyl (C=O) groups is 1. The zero-order chi connectivity index (χ0) is 12.9. The Bertz CT molecular complexity index is 354. The highest BCUT2D eigenvalue weighted by atomic mass is 16.6. The van der Waals surface area contributed by atoms with Crippen LogP contribution in [0, 0.1) is 0 Å². The Balaban J connectivity index is 2.40. The van der Waals surface area contributed by atoms with Crippen LogP contribution in [-0.2, 0) is 16.0 Å². The first-order valence-corrected chi connectivity index (χ1v) is 5.91. The minimum atomic E-state index is -0.547. The second-order valence-corrected chi connectivity index (χ2v) is 5.16. The zero-order valence-corrected chi connectivity index (χ0v) is 10.8. The first-order chi connectivity index (χ1) is 7.88. The van der Waals surface area contributed by atoms with Crippen LogP contribution in [-0.4, -0.2) is 17.6 Å². The van der Waals surface area contributed by atoms with Crippen molar-refractivity contribution in [2.24, 2.45) is 5.73 Å². The molecular formula is C14H21NO2. The van der Waals surface area contributed by atoms with E-state index in [1.54, 1.807) is 0 Å². The number of aryl methyl sites for hydroxylation is 1. The van der Waals surface area contributed by atoms with E-state index >= 15 is 0 Å². The van der Waals surface area contributed by atoms with Crippen molar-refractivity contribution in [2.45, 2.75) is 45.3 Å². The first kappa shape index (κ1) is 13.7. The van der Waals surface area contributed by atoms with Gasteiger partial charge in [0.15, 0.2) is 0 Å². The highest BCUT2D eigenvalue weighted by molar-refractivity contribution is 5.75. The van der Waals surface area contributed by atoms with Crippen LogP contribution in [0.2, 0.25) is 0 Å². The predicted molar refractivity (Wildman–Crippen MR) is 68.6 cm³/mol. The van der Waals surface area contributed by atoms with E-state index in [4.69, 9.17) is 10.5 Å². The monoisotopic (exact) mass is 235 g/mol. The molecule has 0 aromatic heterocycles. The van der Waals surface area contributed by atoms with Crippen molar-refractivity contribution in [3.8, 4) is 0 Å². The molecule has 0 heterocycles.